The maximum Gasteiger partial charge on any atom is 0.348 e. The van der Waals surface area contributed by atoms with Gasteiger partial charge in [-0.05, 0) is 24.3 Å². The second-order valence-corrected chi connectivity index (χ2v) is 5.95. The van der Waals surface area contributed by atoms with Gasteiger partial charge in [0.1, 0.15) is 22.6 Å². The Balaban J connectivity index is 1.48. The fraction of sp³-hybridized carbons (Fsp3) is 0.100. The SMILES string of the molecule is O=c1oc2ccccc2c(O)c1C=NCCc1nnc(-c2ccccc2O)o1. The van der Waals surface area contributed by atoms with Gasteiger partial charge >= 0.3 is 5.63 Å². The normalized spacial score (nSPS) is 11.4. The summed E-state index contributed by atoms with van der Waals surface area (Å²) in [5, 5.41) is 28.4. The molecule has 4 rings (SSSR count). The van der Waals surface area contributed by atoms with E-state index >= 15 is 0 Å². The van der Waals surface area contributed by atoms with Crippen molar-refractivity contribution >= 4 is 17.2 Å². The number of benzene rings is 2. The average Bonchev–Trinajstić information content (AvgIpc) is 3.16. The van der Waals surface area contributed by atoms with Crippen molar-refractivity contribution in [1.82, 2.24) is 10.2 Å². The summed E-state index contributed by atoms with van der Waals surface area (Å²) in [4.78, 5) is 16.2. The summed E-state index contributed by atoms with van der Waals surface area (Å²) in [5.74, 6) is 0.430. The molecule has 0 bridgehead atoms. The lowest BCUT2D eigenvalue weighted by Crippen LogP contribution is -2.07. The highest BCUT2D eigenvalue weighted by Gasteiger charge is 2.13. The number of aliphatic imine (C=N–C) groups is 1. The van der Waals surface area contributed by atoms with Crippen LogP contribution in [0.3, 0.4) is 0 Å². The third-order valence-corrected chi connectivity index (χ3v) is 4.10. The van der Waals surface area contributed by atoms with Gasteiger partial charge in [0.15, 0.2) is 0 Å². The lowest BCUT2D eigenvalue weighted by molar-refractivity contribution is 0.466. The van der Waals surface area contributed by atoms with Crippen LogP contribution in [-0.2, 0) is 6.42 Å². The second-order valence-electron chi connectivity index (χ2n) is 5.95. The summed E-state index contributed by atoms with van der Waals surface area (Å²) in [6.07, 6.45) is 1.60. The molecule has 0 amide bonds. The topological polar surface area (TPSA) is 122 Å². The summed E-state index contributed by atoms with van der Waals surface area (Å²) in [6, 6.07) is 13.4. The average molecular weight is 377 g/mol. The standard InChI is InChI=1S/C20H15N3O5/c24-15-7-3-1-5-12(15)19-23-22-17(28-19)9-10-21-11-14-18(25)13-6-2-4-8-16(13)27-20(14)26/h1-8,11,24-25H,9-10H2. The molecule has 2 N–H and O–H groups in total. The van der Waals surface area contributed by atoms with E-state index < -0.39 is 5.63 Å². The molecule has 8 nitrogen and oxygen atoms in total. The van der Waals surface area contributed by atoms with E-state index in [0.29, 0.717) is 28.8 Å². The summed E-state index contributed by atoms with van der Waals surface area (Å²) in [7, 11) is 0. The Bertz CT molecular complexity index is 1230. The Hall–Kier alpha value is -3.94. The number of hydrogen-bond donors (Lipinski definition) is 2. The third kappa shape index (κ3) is 3.35. The van der Waals surface area contributed by atoms with Crippen molar-refractivity contribution in [3.63, 3.8) is 0 Å². The number of phenols is 1. The van der Waals surface area contributed by atoms with E-state index in [1.807, 2.05) is 0 Å². The molecule has 2 heterocycles. The van der Waals surface area contributed by atoms with Crippen molar-refractivity contribution in [1.29, 1.82) is 0 Å². The Morgan fingerprint density at radius 3 is 2.64 bits per heavy atom. The first-order valence-electron chi connectivity index (χ1n) is 8.49. The van der Waals surface area contributed by atoms with Crippen LogP contribution in [0.5, 0.6) is 11.5 Å². The minimum absolute atomic E-state index is 0.0147. The van der Waals surface area contributed by atoms with Gasteiger partial charge < -0.3 is 19.0 Å². The number of hydrogen-bond acceptors (Lipinski definition) is 8. The smallest absolute Gasteiger partial charge is 0.348 e. The fourth-order valence-corrected chi connectivity index (χ4v) is 2.70. The van der Waals surface area contributed by atoms with E-state index in [4.69, 9.17) is 8.83 Å². The van der Waals surface area contributed by atoms with E-state index in [1.165, 1.54) is 12.3 Å². The molecule has 2 aromatic carbocycles. The van der Waals surface area contributed by atoms with Gasteiger partial charge in [0.05, 0.1) is 10.9 Å². The Kier molecular flexibility index (Phi) is 4.59. The van der Waals surface area contributed by atoms with E-state index in [9.17, 15) is 15.0 Å². The zero-order chi connectivity index (χ0) is 19.5. The van der Waals surface area contributed by atoms with Crippen LogP contribution in [0.2, 0.25) is 0 Å². The van der Waals surface area contributed by atoms with Crippen molar-refractivity contribution in [3.8, 4) is 23.0 Å². The van der Waals surface area contributed by atoms with Gasteiger partial charge in [-0.15, -0.1) is 10.2 Å². The maximum absolute atomic E-state index is 12.0. The predicted octanol–water partition coefficient (Wildman–Crippen LogP) is 2.92. The molecular formula is C20H15N3O5. The molecule has 0 aliphatic rings. The number of fused-ring (bicyclic) bond motifs is 1. The van der Waals surface area contributed by atoms with E-state index in [1.54, 1.807) is 42.5 Å². The van der Waals surface area contributed by atoms with Crippen LogP contribution >= 0.6 is 0 Å². The first-order valence-corrected chi connectivity index (χ1v) is 8.49. The monoisotopic (exact) mass is 377 g/mol. The highest BCUT2D eigenvalue weighted by Crippen LogP contribution is 2.27. The Labute approximate surface area is 158 Å². The highest BCUT2D eigenvalue weighted by molar-refractivity contribution is 5.93. The first-order chi connectivity index (χ1) is 13.6. The van der Waals surface area contributed by atoms with Gasteiger partial charge in [0, 0.05) is 19.2 Å². The number of aromatic hydroxyl groups is 2. The van der Waals surface area contributed by atoms with Crippen LogP contribution in [0, 0.1) is 0 Å². The summed E-state index contributed by atoms with van der Waals surface area (Å²) >= 11 is 0. The first kappa shape index (κ1) is 17.5. The molecule has 28 heavy (non-hydrogen) atoms. The third-order valence-electron chi connectivity index (χ3n) is 4.10. The summed E-state index contributed by atoms with van der Waals surface area (Å²) < 4.78 is 10.7. The molecule has 0 saturated carbocycles. The van der Waals surface area contributed by atoms with Gasteiger partial charge in [-0.3, -0.25) is 4.99 Å². The lowest BCUT2D eigenvalue weighted by Gasteiger charge is -2.02. The highest BCUT2D eigenvalue weighted by atomic mass is 16.4. The van der Waals surface area contributed by atoms with Crippen molar-refractivity contribution in [2.75, 3.05) is 6.54 Å². The molecule has 8 heteroatoms. The van der Waals surface area contributed by atoms with Crippen LogP contribution in [0.1, 0.15) is 11.5 Å². The fourth-order valence-electron chi connectivity index (χ4n) is 2.70. The Morgan fingerprint density at radius 2 is 1.79 bits per heavy atom. The van der Waals surface area contributed by atoms with Gasteiger partial charge in [-0.2, -0.15) is 0 Å². The van der Waals surface area contributed by atoms with Gasteiger partial charge in [0.25, 0.3) is 5.89 Å². The number of nitrogens with zero attached hydrogens (tertiary/aromatic N) is 3. The maximum atomic E-state index is 12.0. The van der Waals surface area contributed by atoms with Crippen molar-refractivity contribution in [3.05, 3.63) is 70.4 Å². The van der Waals surface area contributed by atoms with Crippen LogP contribution in [-0.4, -0.2) is 33.2 Å². The minimum Gasteiger partial charge on any atom is -0.507 e. The van der Waals surface area contributed by atoms with E-state index in [2.05, 4.69) is 15.2 Å². The molecule has 0 fully saturated rings. The second kappa shape index (κ2) is 7.36. The van der Waals surface area contributed by atoms with Crippen LogP contribution in [0.4, 0.5) is 0 Å². The number of para-hydroxylation sites is 2. The lowest BCUT2D eigenvalue weighted by atomic mass is 10.1. The zero-order valence-corrected chi connectivity index (χ0v) is 14.6. The molecule has 4 aromatic rings. The molecule has 2 aromatic heterocycles. The van der Waals surface area contributed by atoms with Crippen molar-refractivity contribution in [2.45, 2.75) is 6.42 Å². The number of aromatic nitrogens is 2. The zero-order valence-electron chi connectivity index (χ0n) is 14.6. The summed E-state index contributed by atoms with van der Waals surface area (Å²) in [6.45, 7) is 0.258. The summed E-state index contributed by atoms with van der Waals surface area (Å²) in [5.41, 5.74) is 0.0758. The van der Waals surface area contributed by atoms with Crippen molar-refractivity contribution in [2.24, 2.45) is 4.99 Å². The Morgan fingerprint density at radius 1 is 1.00 bits per heavy atom. The van der Waals surface area contributed by atoms with Gasteiger partial charge in [-0.1, -0.05) is 24.3 Å². The van der Waals surface area contributed by atoms with Crippen LogP contribution < -0.4 is 5.63 Å². The predicted molar refractivity (Wildman–Crippen MR) is 102 cm³/mol. The molecule has 0 aliphatic heterocycles. The van der Waals surface area contributed by atoms with Crippen LogP contribution in [0.15, 0.2) is 67.2 Å². The molecule has 0 radical (unpaired) electrons. The molecular weight excluding hydrogens is 362 g/mol. The van der Waals surface area contributed by atoms with Gasteiger partial charge in [-0.25, -0.2) is 4.79 Å². The molecule has 0 unspecified atom stereocenters. The number of rotatable bonds is 5. The molecule has 0 atom stereocenters. The van der Waals surface area contributed by atoms with Crippen LogP contribution in [0.25, 0.3) is 22.4 Å². The molecule has 0 spiro atoms. The largest absolute Gasteiger partial charge is 0.507 e. The molecule has 0 saturated heterocycles. The van der Waals surface area contributed by atoms with E-state index in [0.717, 1.165) is 0 Å². The van der Waals surface area contributed by atoms with Crippen molar-refractivity contribution < 1.29 is 19.0 Å². The molecule has 140 valence electrons. The minimum atomic E-state index is -0.667. The van der Waals surface area contributed by atoms with E-state index in [-0.39, 0.29) is 29.5 Å². The van der Waals surface area contributed by atoms with Gasteiger partial charge in [0.2, 0.25) is 5.89 Å². The molecule has 0 aliphatic carbocycles. The quantitative estimate of drug-likeness (QED) is 0.405. The number of phenolic OH excluding ortho intramolecular Hbond substituents is 1.